The van der Waals surface area contributed by atoms with Crippen LogP contribution in [0.5, 0.6) is 0 Å². The third kappa shape index (κ3) is 2.96. The van der Waals surface area contributed by atoms with Crippen molar-refractivity contribution in [2.45, 2.75) is 38.1 Å². The highest BCUT2D eigenvalue weighted by molar-refractivity contribution is 6.07. The molecule has 0 saturated carbocycles. The molecule has 1 aromatic carbocycles. The molecular weight excluding hydrogens is 376 g/mol. The summed E-state index contributed by atoms with van der Waals surface area (Å²) in [5.41, 5.74) is 1.52. The zero-order chi connectivity index (χ0) is 20.9. The number of benzene rings is 1. The molecule has 2 atom stereocenters. The van der Waals surface area contributed by atoms with Crippen molar-refractivity contribution < 1.29 is 9.59 Å². The van der Waals surface area contributed by atoms with Gasteiger partial charge < -0.3 is 19.3 Å². The Labute approximate surface area is 178 Å². The lowest BCUT2D eigenvalue weighted by molar-refractivity contribution is -0.142. The van der Waals surface area contributed by atoms with Crippen LogP contribution >= 0.6 is 0 Å². The summed E-state index contributed by atoms with van der Waals surface area (Å²) in [5.74, 6) is 0.437. The predicted octanol–water partition coefficient (Wildman–Crippen LogP) is 2.73. The van der Waals surface area contributed by atoms with E-state index >= 15 is 0 Å². The predicted molar refractivity (Wildman–Crippen MR) is 117 cm³/mol. The van der Waals surface area contributed by atoms with Gasteiger partial charge in [-0.3, -0.25) is 9.59 Å². The van der Waals surface area contributed by atoms with Crippen LogP contribution in [0.2, 0.25) is 0 Å². The number of nitrogens with zero attached hydrogens (tertiary/aromatic N) is 4. The van der Waals surface area contributed by atoms with Gasteiger partial charge in [-0.2, -0.15) is 0 Å². The van der Waals surface area contributed by atoms with Crippen LogP contribution in [0.4, 0.5) is 0 Å². The van der Waals surface area contributed by atoms with Gasteiger partial charge in [-0.15, -0.1) is 0 Å². The lowest BCUT2D eigenvalue weighted by Crippen LogP contribution is -2.49. The minimum absolute atomic E-state index is 0.0956. The number of carbonyl (C=O) groups excluding carboxylic acids is 2. The van der Waals surface area contributed by atoms with Crippen molar-refractivity contribution in [2.24, 2.45) is 12.5 Å². The lowest BCUT2D eigenvalue weighted by atomic mass is 9.75. The van der Waals surface area contributed by atoms with Gasteiger partial charge >= 0.3 is 0 Å². The minimum Gasteiger partial charge on any atom is -0.350 e. The maximum Gasteiger partial charge on any atom is 0.256 e. The first-order chi connectivity index (χ1) is 14.5. The molecule has 3 fully saturated rings. The molecule has 0 unspecified atom stereocenters. The first-order valence-electron chi connectivity index (χ1n) is 11.3. The van der Waals surface area contributed by atoms with Crippen molar-refractivity contribution in [2.75, 3.05) is 39.8 Å². The smallest absolute Gasteiger partial charge is 0.256 e. The van der Waals surface area contributed by atoms with Crippen molar-refractivity contribution in [1.82, 2.24) is 19.3 Å². The Hall–Kier alpha value is -2.34. The first-order valence-corrected chi connectivity index (χ1v) is 11.3. The summed E-state index contributed by atoms with van der Waals surface area (Å²) in [6.07, 6.45) is 6.75. The number of amides is 2. The van der Waals surface area contributed by atoms with E-state index in [1.165, 1.54) is 0 Å². The molecule has 0 aliphatic carbocycles. The zero-order valence-electron chi connectivity index (χ0n) is 18.1. The van der Waals surface area contributed by atoms with Crippen LogP contribution in [0, 0.1) is 5.41 Å². The number of carbonyl (C=O) groups is 2. The third-order valence-electron chi connectivity index (χ3n) is 7.81. The number of aryl methyl sites for hydroxylation is 1. The second-order valence-electron chi connectivity index (χ2n) is 9.40. The Balaban J connectivity index is 1.42. The monoisotopic (exact) mass is 408 g/mol. The van der Waals surface area contributed by atoms with E-state index in [9.17, 15) is 9.59 Å². The maximum absolute atomic E-state index is 13.6. The maximum atomic E-state index is 13.6. The Bertz CT molecular complexity index is 977. The summed E-state index contributed by atoms with van der Waals surface area (Å²) >= 11 is 0. The summed E-state index contributed by atoms with van der Waals surface area (Å²) in [5, 5.41) is 1.01. The van der Waals surface area contributed by atoms with Crippen molar-refractivity contribution in [1.29, 1.82) is 0 Å². The summed E-state index contributed by atoms with van der Waals surface area (Å²) in [4.78, 5) is 33.6. The van der Waals surface area contributed by atoms with E-state index in [0.29, 0.717) is 19.0 Å². The number of rotatable bonds is 2. The highest BCUT2D eigenvalue weighted by atomic mass is 16.2. The van der Waals surface area contributed by atoms with Crippen LogP contribution in [0.1, 0.15) is 42.5 Å². The molecule has 30 heavy (non-hydrogen) atoms. The topological polar surface area (TPSA) is 48.8 Å². The van der Waals surface area contributed by atoms with E-state index in [1.807, 2.05) is 40.9 Å². The molecule has 0 N–H and O–H groups in total. The molecule has 3 aliphatic heterocycles. The molecular formula is C24H32N4O2. The van der Waals surface area contributed by atoms with Gasteiger partial charge in [-0.1, -0.05) is 18.2 Å². The number of hydrogen-bond donors (Lipinski definition) is 0. The van der Waals surface area contributed by atoms with Gasteiger partial charge in [-0.25, -0.2) is 0 Å². The highest BCUT2D eigenvalue weighted by Gasteiger charge is 2.54. The second-order valence-corrected chi connectivity index (χ2v) is 9.40. The molecule has 2 amide bonds. The molecule has 2 aromatic rings. The quantitative estimate of drug-likeness (QED) is 0.768. The molecule has 1 aromatic heterocycles. The van der Waals surface area contributed by atoms with Gasteiger partial charge in [-0.05, 0) is 51.8 Å². The van der Waals surface area contributed by atoms with Crippen LogP contribution < -0.4 is 0 Å². The van der Waals surface area contributed by atoms with Crippen LogP contribution in [0.15, 0.2) is 30.5 Å². The summed E-state index contributed by atoms with van der Waals surface area (Å²) in [7, 11) is 4.14. The molecule has 4 heterocycles. The molecule has 6 heteroatoms. The van der Waals surface area contributed by atoms with Gasteiger partial charge in [0.2, 0.25) is 5.91 Å². The van der Waals surface area contributed by atoms with E-state index in [0.717, 1.165) is 68.2 Å². The van der Waals surface area contributed by atoms with Gasteiger partial charge in [0.1, 0.15) is 0 Å². The Kier molecular flexibility index (Phi) is 4.85. The average Bonchev–Trinajstić information content (AvgIpc) is 3.44. The van der Waals surface area contributed by atoms with Crippen molar-refractivity contribution in [3.63, 3.8) is 0 Å². The Morgan fingerprint density at radius 1 is 0.933 bits per heavy atom. The average molecular weight is 409 g/mol. The molecule has 0 radical (unpaired) electrons. The van der Waals surface area contributed by atoms with E-state index in [2.05, 4.69) is 22.9 Å². The lowest BCUT2D eigenvalue weighted by Gasteiger charge is -2.37. The largest absolute Gasteiger partial charge is 0.350 e. The summed E-state index contributed by atoms with van der Waals surface area (Å²) < 4.78 is 2.03. The van der Waals surface area contributed by atoms with Crippen molar-refractivity contribution in [3.8, 4) is 0 Å². The fourth-order valence-electron chi connectivity index (χ4n) is 6.11. The first kappa shape index (κ1) is 19.6. The van der Waals surface area contributed by atoms with E-state index < -0.39 is 0 Å². The number of likely N-dealkylation sites (tertiary alicyclic amines) is 3. The molecule has 0 bridgehead atoms. The number of para-hydroxylation sites is 1. The van der Waals surface area contributed by atoms with Crippen LogP contribution in [-0.4, -0.2) is 76.9 Å². The number of fused-ring (bicyclic) bond motifs is 2. The molecule has 3 saturated heterocycles. The normalized spacial score (nSPS) is 27.5. The molecule has 160 valence electrons. The minimum atomic E-state index is -0.327. The van der Waals surface area contributed by atoms with E-state index in [4.69, 9.17) is 0 Å². The van der Waals surface area contributed by atoms with Crippen LogP contribution in [-0.2, 0) is 11.8 Å². The third-order valence-corrected chi connectivity index (χ3v) is 7.81. The van der Waals surface area contributed by atoms with Gasteiger partial charge in [0.15, 0.2) is 0 Å². The molecule has 5 rings (SSSR count). The second kappa shape index (κ2) is 7.41. The van der Waals surface area contributed by atoms with Crippen molar-refractivity contribution in [3.05, 3.63) is 36.0 Å². The SMILES string of the molecule is CN1CC[C@]2(C(=O)N3CCCC3)CCN(C(=O)c3cn(C)c4ccccc34)CC[C@H]12. The number of hydrogen-bond acceptors (Lipinski definition) is 3. The van der Waals surface area contributed by atoms with Gasteiger partial charge in [0, 0.05) is 56.4 Å². The van der Waals surface area contributed by atoms with Gasteiger partial charge in [0.05, 0.1) is 11.0 Å². The number of aromatic nitrogens is 1. The van der Waals surface area contributed by atoms with Crippen molar-refractivity contribution >= 4 is 22.7 Å². The zero-order valence-corrected chi connectivity index (χ0v) is 18.1. The van der Waals surface area contributed by atoms with E-state index in [-0.39, 0.29) is 17.4 Å². The van der Waals surface area contributed by atoms with Crippen LogP contribution in [0.25, 0.3) is 10.9 Å². The standard InChI is InChI=1S/C24H32N4O2/c1-25-15-10-24(23(30)28-12-5-6-13-28)11-16-27(14-9-21(24)25)22(29)19-17-26(2)20-8-4-3-7-18(19)20/h3-4,7-8,17,21H,5-6,9-16H2,1-2H3/t21-,24-/m0/s1. The summed E-state index contributed by atoms with van der Waals surface area (Å²) in [6.45, 7) is 4.14. The Morgan fingerprint density at radius 3 is 2.47 bits per heavy atom. The molecule has 0 spiro atoms. The van der Waals surface area contributed by atoms with Gasteiger partial charge in [0.25, 0.3) is 5.91 Å². The van der Waals surface area contributed by atoms with E-state index in [1.54, 1.807) is 0 Å². The summed E-state index contributed by atoms with van der Waals surface area (Å²) in [6, 6.07) is 8.31. The van der Waals surface area contributed by atoms with Crippen LogP contribution in [0.3, 0.4) is 0 Å². The fraction of sp³-hybridized carbons (Fsp3) is 0.583. The molecule has 6 nitrogen and oxygen atoms in total. The molecule has 3 aliphatic rings. The highest BCUT2D eigenvalue weighted by Crippen LogP contribution is 2.45. The fourth-order valence-corrected chi connectivity index (χ4v) is 6.11. The Morgan fingerprint density at radius 2 is 1.67 bits per heavy atom.